The van der Waals surface area contributed by atoms with E-state index in [0.29, 0.717) is 29.8 Å². The lowest BCUT2D eigenvalue weighted by atomic mass is 10.1. The van der Waals surface area contributed by atoms with Crippen LogP contribution < -0.4 is 11.1 Å². The standard InChI is InChI=1S/C19H23N3O2.ClH/c1-13-12-15(9-10-16(13)19(24)22(2)3)21-18(23)11-8-14-6-4-5-7-17(14)20;/h4-7,9-10,12H,8,11,20H2,1-3H3,(H,21,23);1H. The van der Waals surface area contributed by atoms with Gasteiger partial charge in [0, 0.05) is 37.5 Å². The van der Waals surface area contributed by atoms with Gasteiger partial charge in [-0.1, -0.05) is 18.2 Å². The number of nitrogens with zero attached hydrogens (tertiary/aromatic N) is 1. The Hall–Kier alpha value is -2.53. The molecular weight excluding hydrogens is 338 g/mol. The average Bonchev–Trinajstić information content (AvgIpc) is 2.53. The van der Waals surface area contributed by atoms with Crippen LogP contribution in [0, 0.1) is 6.92 Å². The first-order valence-corrected chi connectivity index (χ1v) is 7.84. The lowest BCUT2D eigenvalue weighted by Gasteiger charge is -2.14. The molecule has 0 aliphatic rings. The second-order valence-electron chi connectivity index (χ2n) is 5.98. The number of anilines is 2. The molecule has 0 atom stereocenters. The average molecular weight is 362 g/mol. The van der Waals surface area contributed by atoms with E-state index in [-0.39, 0.29) is 24.2 Å². The fraction of sp³-hybridized carbons (Fsp3) is 0.263. The molecular formula is C19H24ClN3O2. The molecule has 25 heavy (non-hydrogen) atoms. The summed E-state index contributed by atoms with van der Waals surface area (Å²) in [7, 11) is 3.43. The number of rotatable bonds is 5. The third-order valence-corrected chi connectivity index (χ3v) is 3.82. The fourth-order valence-corrected chi connectivity index (χ4v) is 2.46. The molecule has 0 saturated carbocycles. The molecule has 2 aromatic rings. The highest BCUT2D eigenvalue weighted by Gasteiger charge is 2.12. The number of hydrogen-bond donors (Lipinski definition) is 2. The number of amides is 2. The molecule has 2 amide bonds. The third kappa shape index (κ3) is 5.50. The second-order valence-corrected chi connectivity index (χ2v) is 5.98. The van der Waals surface area contributed by atoms with E-state index in [1.807, 2.05) is 37.3 Å². The molecule has 5 nitrogen and oxygen atoms in total. The van der Waals surface area contributed by atoms with Crippen molar-refractivity contribution in [3.05, 3.63) is 59.2 Å². The van der Waals surface area contributed by atoms with E-state index in [0.717, 1.165) is 11.1 Å². The van der Waals surface area contributed by atoms with Crippen molar-refractivity contribution >= 4 is 35.6 Å². The van der Waals surface area contributed by atoms with Crippen LogP contribution in [0.5, 0.6) is 0 Å². The zero-order valence-corrected chi connectivity index (χ0v) is 15.5. The second kappa shape index (κ2) is 9.08. The molecule has 0 spiro atoms. The molecule has 0 saturated heterocycles. The maximum absolute atomic E-state index is 12.1. The van der Waals surface area contributed by atoms with E-state index in [2.05, 4.69) is 5.32 Å². The number of carbonyl (C=O) groups is 2. The van der Waals surface area contributed by atoms with Crippen molar-refractivity contribution < 1.29 is 9.59 Å². The minimum atomic E-state index is -0.0793. The van der Waals surface area contributed by atoms with Crippen molar-refractivity contribution in [3.63, 3.8) is 0 Å². The number of benzene rings is 2. The number of nitrogens with one attached hydrogen (secondary N) is 1. The summed E-state index contributed by atoms with van der Waals surface area (Å²) in [5, 5.41) is 2.86. The van der Waals surface area contributed by atoms with Gasteiger partial charge in [0.25, 0.3) is 5.91 Å². The van der Waals surface area contributed by atoms with Gasteiger partial charge in [-0.25, -0.2) is 0 Å². The Morgan fingerprint density at radius 3 is 2.40 bits per heavy atom. The molecule has 0 heterocycles. The van der Waals surface area contributed by atoms with Gasteiger partial charge in [0.15, 0.2) is 0 Å². The van der Waals surface area contributed by atoms with Crippen LogP contribution in [0.15, 0.2) is 42.5 Å². The minimum absolute atomic E-state index is 0. The Labute approximate surface area is 154 Å². The zero-order chi connectivity index (χ0) is 17.7. The van der Waals surface area contributed by atoms with Crippen LogP contribution in [0.2, 0.25) is 0 Å². The summed E-state index contributed by atoms with van der Waals surface area (Å²) >= 11 is 0. The smallest absolute Gasteiger partial charge is 0.253 e. The summed E-state index contributed by atoms with van der Waals surface area (Å²) in [4.78, 5) is 25.7. The van der Waals surface area contributed by atoms with E-state index >= 15 is 0 Å². The number of nitrogen functional groups attached to an aromatic ring is 1. The largest absolute Gasteiger partial charge is 0.399 e. The van der Waals surface area contributed by atoms with Gasteiger partial charge < -0.3 is 16.0 Å². The topological polar surface area (TPSA) is 75.4 Å². The first-order chi connectivity index (χ1) is 11.4. The Bertz CT molecular complexity index is 760. The predicted molar refractivity (Wildman–Crippen MR) is 104 cm³/mol. The summed E-state index contributed by atoms with van der Waals surface area (Å²) < 4.78 is 0. The summed E-state index contributed by atoms with van der Waals surface area (Å²) in [6.07, 6.45) is 0.945. The van der Waals surface area contributed by atoms with Gasteiger partial charge in [-0.2, -0.15) is 0 Å². The summed E-state index contributed by atoms with van der Waals surface area (Å²) in [6.45, 7) is 1.86. The van der Waals surface area contributed by atoms with Gasteiger partial charge in [0.05, 0.1) is 0 Å². The van der Waals surface area contributed by atoms with Crippen molar-refractivity contribution in [2.24, 2.45) is 0 Å². The molecule has 0 radical (unpaired) electrons. The van der Waals surface area contributed by atoms with Crippen LogP contribution in [0.3, 0.4) is 0 Å². The molecule has 0 fully saturated rings. The van der Waals surface area contributed by atoms with Crippen molar-refractivity contribution in [2.75, 3.05) is 25.1 Å². The molecule has 3 N–H and O–H groups in total. The normalized spacial score (nSPS) is 9.88. The SMILES string of the molecule is Cc1cc(NC(=O)CCc2ccccc2N)ccc1C(=O)N(C)C.Cl. The van der Waals surface area contributed by atoms with Gasteiger partial charge in [-0.15, -0.1) is 12.4 Å². The first-order valence-electron chi connectivity index (χ1n) is 7.84. The van der Waals surface area contributed by atoms with Gasteiger partial charge in [0.1, 0.15) is 0 Å². The van der Waals surface area contributed by atoms with Gasteiger partial charge in [0.2, 0.25) is 5.91 Å². The van der Waals surface area contributed by atoms with Crippen molar-refractivity contribution in [3.8, 4) is 0 Å². The lowest BCUT2D eigenvalue weighted by molar-refractivity contribution is -0.116. The molecule has 134 valence electrons. The monoisotopic (exact) mass is 361 g/mol. The summed E-state index contributed by atoms with van der Waals surface area (Å²) in [5.74, 6) is -0.130. The molecule has 0 aliphatic heterocycles. The number of aryl methyl sites for hydroxylation is 2. The highest BCUT2D eigenvalue weighted by atomic mass is 35.5. The Morgan fingerprint density at radius 1 is 1.12 bits per heavy atom. The number of para-hydroxylation sites is 1. The van der Waals surface area contributed by atoms with E-state index in [4.69, 9.17) is 5.73 Å². The highest BCUT2D eigenvalue weighted by molar-refractivity contribution is 5.97. The molecule has 6 heteroatoms. The Morgan fingerprint density at radius 2 is 1.80 bits per heavy atom. The van der Waals surface area contributed by atoms with Gasteiger partial charge in [-0.05, 0) is 48.7 Å². The van der Waals surface area contributed by atoms with E-state index in [1.54, 1.807) is 26.2 Å². The van der Waals surface area contributed by atoms with E-state index in [1.165, 1.54) is 4.90 Å². The molecule has 0 aromatic heterocycles. The molecule has 2 rings (SSSR count). The van der Waals surface area contributed by atoms with E-state index in [9.17, 15) is 9.59 Å². The lowest BCUT2D eigenvalue weighted by Crippen LogP contribution is -2.22. The van der Waals surface area contributed by atoms with Crippen LogP contribution in [0.25, 0.3) is 0 Å². The molecule has 0 aliphatic carbocycles. The van der Waals surface area contributed by atoms with Crippen LogP contribution in [0.4, 0.5) is 11.4 Å². The number of halogens is 1. The van der Waals surface area contributed by atoms with Crippen LogP contribution in [0.1, 0.15) is 27.9 Å². The molecule has 2 aromatic carbocycles. The number of hydrogen-bond acceptors (Lipinski definition) is 3. The zero-order valence-electron chi connectivity index (χ0n) is 14.7. The predicted octanol–water partition coefficient (Wildman–Crippen LogP) is 3.27. The quantitative estimate of drug-likeness (QED) is 0.802. The number of carbonyl (C=O) groups excluding carboxylic acids is 2. The Balaban J connectivity index is 0.00000312. The van der Waals surface area contributed by atoms with Gasteiger partial charge >= 0.3 is 0 Å². The fourth-order valence-electron chi connectivity index (χ4n) is 2.46. The molecule has 0 bridgehead atoms. The Kier molecular flexibility index (Phi) is 7.45. The minimum Gasteiger partial charge on any atom is -0.399 e. The first kappa shape index (κ1) is 20.5. The molecule has 0 unspecified atom stereocenters. The van der Waals surface area contributed by atoms with Crippen molar-refractivity contribution in [2.45, 2.75) is 19.8 Å². The van der Waals surface area contributed by atoms with Gasteiger partial charge in [-0.3, -0.25) is 9.59 Å². The summed E-state index contributed by atoms with van der Waals surface area (Å²) in [5.41, 5.74) is 9.71. The maximum Gasteiger partial charge on any atom is 0.253 e. The van der Waals surface area contributed by atoms with Crippen LogP contribution >= 0.6 is 12.4 Å². The van der Waals surface area contributed by atoms with E-state index < -0.39 is 0 Å². The third-order valence-electron chi connectivity index (χ3n) is 3.82. The van der Waals surface area contributed by atoms with Crippen molar-refractivity contribution in [1.82, 2.24) is 4.90 Å². The van der Waals surface area contributed by atoms with Crippen molar-refractivity contribution in [1.29, 1.82) is 0 Å². The number of nitrogens with two attached hydrogens (primary N) is 1. The van der Waals surface area contributed by atoms with Crippen LogP contribution in [-0.2, 0) is 11.2 Å². The summed E-state index contributed by atoms with van der Waals surface area (Å²) in [6, 6.07) is 12.8. The van der Waals surface area contributed by atoms with Crippen LogP contribution in [-0.4, -0.2) is 30.8 Å². The highest BCUT2D eigenvalue weighted by Crippen LogP contribution is 2.17. The maximum atomic E-state index is 12.1.